The predicted molar refractivity (Wildman–Crippen MR) is 97.2 cm³/mol. The molecule has 3 N–H and O–H groups in total. The van der Waals surface area contributed by atoms with Gasteiger partial charge in [-0.15, -0.1) is 23.7 Å². The van der Waals surface area contributed by atoms with E-state index in [-0.39, 0.29) is 24.2 Å². The summed E-state index contributed by atoms with van der Waals surface area (Å²) in [5.41, 5.74) is 8.51. The van der Waals surface area contributed by atoms with E-state index in [9.17, 15) is 4.79 Å². The smallest absolute Gasteiger partial charge is 0.241 e. The maximum Gasteiger partial charge on any atom is 0.241 e. The van der Waals surface area contributed by atoms with Crippen molar-refractivity contribution < 1.29 is 4.79 Å². The van der Waals surface area contributed by atoms with Crippen molar-refractivity contribution in [1.29, 1.82) is 0 Å². The summed E-state index contributed by atoms with van der Waals surface area (Å²) >= 11 is 1.60. The number of nitrogens with zero attached hydrogens (tertiary/aromatic N) is 2. The maximum absolute atomic E-state index is 11.9. The lowest BCUT2D eigenvalue weighted by molar-refractivity contribution is -0.118. The molecule has 0 aliphatic rings. The number of hydrogen-bond donors (Lipinski definition) is 2. The molecule has 0 saturated carbocycles. The van der Waals surface area contributed by atoms with Gasteiger partial charge >= 0.3 is 0 Å². The summed E-state index contributed by atoms with van der Waals surface area (Å²) in [4.78, 5) is 17.5. The second-order valence-electron chi connectivity index (χ2n) is 5.56. The van der Waals surface area contributed by atoms with Crippen molar-refractivity contribution in [2.45, 2.75) is 19.9 Å². The molecule has 3 aromatic rings. The van der Waals surface area contributed by atoms with Crippen molar-refractivity contribution in [3.05, 3.63) is 42.0 Å². The number of aromatic nitrogens is 2. The number of carbonyl (C=O) groups excluding carboxylic acids is 1. The Morgan fingerprint density at radius 2 is 2.00 bits per heavy atom. The summed E-state index contributed by atoms with van der Waals surface area (Å²) in [6.45, 7) is 3.86. The molecule has 1 atom stereocenters. The molecule has 0 unspecified atom stereocenters. The fraction of sp³-hybridized carbons (Fsp3) is 0.250. The fourth-order valence-corrected chi connectivity index (χ4v) is 2.82. The van der Waals surface area contributed by atoms with Gasteiger partial charge in [-0.2, -0.15) is 0 Å². The van der Waals surface area contributed by atoms with Crippen LogP contribution in [0.1, 0.15) is 13.8 Å². The van der Waals surface area contributed by atoms with Gasteiger partial charge in [0.05, 0.1) is 11.7 Å². The Balaban J connectivity index is 0.00000192. The van der Waals surface area contributed by atoms with Gasteiger partial charge in [-0.25, -0.2) is 4.98 Å². The Morgan fingerprint density at radius 1 is 1.30 bits per heavy atom. The van der Waals surface area contributed by atoms with E-state index in [0.717, 1.165) is 21.9 Å². The number of rotatable bonds is 4. The normalized spacial score (nSPS) is 12.2. The van der Waals surface area contributed by atoms with Gasteiger partial charge in [-0.3, -0.25) is 9.20 Å². The summed E-state index contributed by atoms with van der Waals surface area (Å²) in [7, 11) is 0. The van der Waals surface area contributed by atoms with E-state index in [1.165, 1.54) is 0 Å². The lowest BCUT2D eigenvalue weighted by Gasteiger charge is -2.15. The van der Waals surface area contributed by atoms with Crippen LogP contribution in [0, 0.1) is 5.92 Å². The third kappa shape index (κ3) is 3.72. The molecule has 2 aromatic heterocycles. The minimum Gasteiger partial charge on any atom is -0.325 e. The molecule has 1 aromatic carbocycles. The second-order valence-corrected chi connectivity index (χ2v) is 6.43. The fourth-order valence-electron chi connectivity index (χ4n) is 2.12. The van der Waals surface area contributed by atoms with Crippen molar-refractivity contribution in [3.63, 3.8) is 0 Å². The third-order valence-electron chi connectivity index (χ3n) is 3.56. The van der Waals surface area contributed by atoms with Gasteiger partial charge in [0.25, 0.3) is 0 Å². The average Bonchev–Trinajstić information content (AvgIpc) is 3.08. The Morgan fingerprint density at radius 3 is 2.61 bits per heavy atom. The van der Waals surface area contributed by atoms with E-state index in [4.69, 9.17) is 5.73 Å². The summed E-state index contributed by atoms with van der Waals surface area (Å²) in [6.07, 6.45) is 3.98. The molecule has 122 valence electrons. The summed E-state index contributed by atoms with van der Waals surface area (Å²) in [6, 6.07) is 7.13. The number of halogens is 1. The van der Waals surface area contributed by atoms with Gasteiger partial charge in [0.15, 0.2) is 4.96 Å². The van der Waals surface area contributed by atoms with E-state index in [1.54, 1.807) is 11.3 Å². The molecule has 0 aliphatic heterocycles. The highest BCUT2D eigenvalue weighted by Gasteiger charge is 2.17. The van der Waals surface area contributed by atoms with E-state index in [0.29, 0.717) is 0 Å². The molecule has 3 rings (SSSR count). The molecular formula is C16H19ClN4OS. The van der Waals surface area contributed by atoms with Gasteiger partial charge in [0, 0.05) is 29.0 Å². The predicted octanol–water partition coefficient (Wildman–Crippen LogP) is 3.41. The molecule has 0 saturated heterocycles. The Kier molecular flexibility index (Phi) is 5.41. The number of carbonyl (C=O) groups is 1. The maximum atomic E-state index is 11.9. The Bertz CT molecular complexity index is 765. The minimum absolute atomic E-state index is 0. The number of imidazole rings is 1. The van der Waals surface area contributed by atoms with Crippen LogP contribution in [0.25, 0.3) is 16.2 Å². The monoisotopic (exact) mass is 350 g/mol. The first kappa shape index (κ1) is 17.5. The SMILES string of the molecule is CC(C)[C@@H](N)C(=O)Nc1ccc(-c2cn3ccsc3n2)cc1.Cl. The van der Waals surface area contributed by atoms with Crippen molar-refractivity contribution in [3.8, 4) is 11.3 Å². The first-order chi connectivity index (χ1) is 10.5. The lowest BCUT2D eigenvalue weighted by Crippen LogP contribution is -2.39. The standard InChI is InChI=1S/C16H18N4OS.ClH/c1-10(2)14(17)15(21)18-12-5-3-11(4-6-12)13-9-20-7-8-22-16(20)19-13;/h3-10,14H,17H2,1-2H3,(H,18,21);1H/t14-;/m1./s1. The topological polar surface area (TPSA) is 72.4 Å². The average molecular weight is 351 g/mol. The minimum atomic E-state index is -0.500. The van der Waals surface area contributed by atoms with E-state index in [1.807, 2.05) is 60.3 Å². The van der Waals surface area contributed by atoms with Crippen molar-refractivity contribution in [2.24, 2.45) is 11.7 Å². The van der Waals surface area contributed by atoms with Crippen LogP contribution in [0.15, 0.2) is 42.0 Å². The largest absolute Gasteiger partial charge is 0.325 e. The highest BCUT2D eigenvalue weighted by Crippen LogP contribution is 2.23. The molecule has 5 nitrogen and oxygen atoms in total. The Labute approximate surface area is 144 Å². The molecule has 0 bridgehead atoms. The molecule has 0 aliphatic carbocycles. The number of hydrogen-bond acceptors (Lipinski definition) is 4. The van der Waals surface area contributed by atoms with Crippen LogP contribution in [-0.4, -0.2) is 21.3 Å². The number of benzene rings is 1. The van der Waals surface area contributed by atoms with Gasteiger partial charge in [-0.1, -0.05) is 26.0 Å². The van der Waals surface area contributed by atoms with Crippen LogP contribution in [0.3, 0.4) is 0 Å². The highest BCUT2D eigenvalue weighted by molar-refractivity contribution is 7.15. The van der Waals surface area contributed by atoms with Crippen LogP contribution >= 0.6 is 23.7 Å². The lowest BCUT2D eigenvalue weighted by atomic mass is 10.0. The van der Waals surface area contributed by atoms with Crippen molar-refractivity contribution in [2.75, 3.05) is 5.32 Å². The molecule has 0 fully saturated rings. The number of anilines is 1. The summed E-state index contributed by atoms with van der Waals surface area (Å²) in [5.74, 6) is -0.0528. The molecular weight excluding hydrogens is 332 g/mol. The molecule has 1 amide bonds. The number of fused-ring (bicyclic) bond motifs is 1. The molecule has 23 heavy (non-hydrogen) atoms. The van der Waals surface area contributed by atoms with Crippen molar-refractivity contribution >= 4 is 40.3 Å². The zero-order valence-electron chi connectivity index (χ0n) is 12.9. The first-order valence-electron chi connectivity index (χ1n) is 7.13. The van der Waals surface area contributed by atoms with Crippen LogP contribution in [0.4, 0.5) is 5.69 Å². The van der Waals surface area contributed by atoms with Gasteiger partial charge in [0.2, 0.25) is 5.91 Å². The number of amides is 1. The van der Waals surface area contributed by atoms with Gasteiger partial charge in [0.1, 0.15) is 0 Å². The third-order valence-corrected chi connectivity index (χ3v) is 4.33. The van der Waals surface area contributed by atoms with E-state index in [2.05, 4.69) is 10.3 Å². The van der Waals surface area contributed by atoms with Crippen molar-refractivity contribution in [1.82, 2.24) is 9.38 Å². The van der Waals surface area contributed by atoms with Gasteiger partial charge in [-0.05, 0) is 18.1 Å². The quantitative estimate of drug-likeness (QED) is 0.757. The number of nitrogens with one attached hydrogen (secondary N) is 1. The summed E-state index contributed by atoms with van der Waals surface area (Å²) in [5, 5.41) is 4.84. The van der Waals surface area contributed by atoms with Crippen LogP contribution in [0.2, 0.25) is 0 Å². The zero-order valence-corrected chi connectivity index (χ0v) is 14.5. The Hall–Kier alpha value is -1.89. The molecule has 0 spiro atoms. The van der Waals surface area contributed by atoms with E-state index < -0.39 is 6.04 Å². The summed E-state index contributed by atoms with van der Waals surface area (Å²) < 4.78 is 2.00. The van der Waals surface area contributed by atoms with Crippen LogP contribution in [0.5, 0.6) is 0 Å². The first-order valence-corrected chi connectivity index (χ1v) is 8.01. The number of nitrogens with two attached hydrogens (primary N) is 1. The molecule has 0 radical (unpaired) electrons. The molecule has 7 heteroatoms. The second kappa shape index (κ2) is 7.12. The van der Waals surface area contributed by atoms with E-state index >= 15 is 0 Å². The highest BCUT2D eigenvalue weighted by atomic mass is 35.5. The van der Waals surface area contributed by atoms with Crippen LogP contribution < -0.4 is 11.1 Å². The zero-order chi connectivity index (χ0) is 15.7. The van der Waals surface area contributed by atoms with Crippen LogP contribution in [-0.2, 0) is 4.79 Å². The number of thiazole rings is 1. The molecule has 2 heterocycles. The van der Waals surface area contributed by atoms with Gasteiger partial charge < -0.3 is 11.1 Å².